The largest absolute Gasteiger partial charge is 0.444 e. The fraction of sp³-hybridized carbons (Fsp3) is 0.448. The Hall–Kier alpha value is -9.46. The van der Waals surface area contributed by atoms with E-state index < -0.39 is 83.3 Å². The van der Waals surface area contributed by atoms with Crippen molar-refractivity contribution in [2.45, 2.75) is 115 Å². The fourth-order valence-electron chi connectivity index (χ4n) is 13.1. The number of ether oxygens (including phenoxy) is 6. The van der Waals surface area contributed by atoms with Crippen LogP contribution in [0.4, 0.5) is 9.59 Å². The molecule has 8 saturated heterocycles. The summed E-state index contributed by atoms with van der Waals surface area (Å²) in [7, 11) is 0. The molecule has 26 heteroatoms. The average molecular weight is 1280 g/mol. The number of aliphatic imine (C=N–C) groups is 1. The highest BCUT2D eigenvalue weighted by molar-refractivity contribution is 6.09. The third kappa shape index (κ3) is 14.4. The highest BCUT2D eigenvalue weighted by atomic mass is 16.6. The summed E-state index contributed by atoms with van der Waals surface area (Å²) in [5, 5.41) is 4.72. The number of likely N-dealkylation sites (tertiary alicyclic amines) is 4. The van der Waals surface area contributed by atoms with Gasteiger partial charge in [-0.05, 0) is 64.8 Å². The predicted octanol–water partition coefficient (Wildman–Crippen LogP) is 1.62. The molecule has 10 aliphatic heterocycles. The molecule has 0 aromatic heterocycles. The molecule has 10 amide bonds. The molecule has 2 aromatic carbocycles. The first-order chi connectivity index (χ1) is 44.3. The van der Waals surface area contributed by atoms with Crippen LogP contribution in [-0.2, 0) is 79.9 Å². The number of alkyl carbamates (subject to hydrolysis) is 2. The van der Waals surface area contributed by atoms with Crippen LogP contribution < -0.4 is 27.1 Å². The lowest BCUT2D eigenvalue weighted by Gasteiger charge is -2.22. The maximum atomic E-state index is 13.4. The molecule has 0 saturated carbocycles. The van der Waals surface area contributed by atoms with E-state index >= 15 is 0 Å². The van der Waals surface area contributed by atoms with Crippen molar-refractivity contribution in [3.05, 3.63) is 152 Å². The second kappa shape index (κ2) is 28.2. The summed E-state index contributed by atoms with van der Waals surface area (Å²) in [5.41, 5.74) is 14.1. The molecule has 0 aliphatic carbocycles. The Morgan fingerprint density at radius 3 is 1.22 bits per heavy atom. The number of amides is 10. The molecule has 8 fully saturated rings. The number of guanidine groups is 2. The van der Waals surface area contributed by atoms with Crippen molar-refractivity contribution in [1.82, 2.24) is 30.2 Å². The smallest absolute Gasteiger partial charge is 0.414 e. The molecule has 12 rings (SSSR count). The molecule has 492 valence electrons. The number of rotatable bonds is 14. The van der Waals surface area contributed by atoms with Crippen molar-refractivity contribution in [1.29, 1.82) is 0 Å². The maximum Gasteiger partial charge on any atom is 0.414 e. The summed E-state index contributed by atoms with van der Waals surface area (Å²) in [6, 6.07) is 18.9. The number of carbonyl (C=O) groups excluding carboxylic acids is 10. The monoisotopic (exact) mass is 1280 g/mol. The Bertz CT molecular complexity index is 3400. The first-order valence-corrected chi connectivity index (χ1v) is 30.6. The summed E-state index contributed by atoms with van der Waals surface area (Å²) in [6.07, 6.45) is 8.08. The molecule has 16 unspecified atom stereocenters. The van der Waals surface area contributed by atoms with Gasteiger partial charge in [-0.15, -0.1) is 32.0 Å². The van der Waals surface area contributed by atoms with Crippen molar-refractivity contribution in [2.24, 2.45) is 63.8 Å². The van der Waals surface area contributed by atoms with Crippen molar-refractivity contribution >= 4 is 71.4 Å². The molecule has 93 heavy (non-hydrogen) atoms. The van der Waals surface area contributed by atoms with E-state index in [1.807, 2.05) is 85.0 Å². The Kier molecular flexibility index (Phi) is 20.6. The van der Waals surface area contributed by atoms with Crippen molar-refractivity contribution in [2.75, 3.05) is 26.2 Å². The lowest BCUT2D eigenvalue weighted by molar-refractivity contribution is -0.458. The van der Waals surface area contributed by atoms with Crippen LogP contribution in [0.5, 0.6) is 0 Å². The second-order valence-electron chi connectivity index (χ2n) is 25.2. The van der Waals surface area contributed by atoms with Gasteiger partial charge in [0.15, 0.2) is 0 Å². The van der Waals surface area contributed by atoms with Gasteiger partial charge in [0, 0.05) is 6.54 Å². The Balaban J connectivity index is 0.000000171. The molecule has 10 heterocycles. The summed E-state index contributed by atoms with van der Waals surface area (Å²) in [4.78, 5) is 139. The van der Waals surface area contributed by atoms with E-state index in [0.717, 1.165) is 16.0 Å². The molecule has 7 N–H and O–H groups in total. The van der Waals surface area contributed by atoms with Crippen LogP contribution in [0.15, 0.2) is 146 Å². The SMILES string of the molecule is C=C.C=CC1OC(C=C=CC2OC(C=C)C3C(=O)N(Cc4ccccc4)C(=O)C23)C2C(=O)N(CC[NH+]=C(N)N)C(=O)C12.CC(C)(C)OC(=O)NC(=NCCN1C(=O)C2C3C=CC(O3)C2C1=O)NC(=O)OC(C)(C)C.O=C1C2C3C=CC(O3)C2C(=O)N1Cc1ccccc1. The van der Waals surface area contributed by atoms with Crippen LogP contribution in [-0.4, -0.2) is 177 Å². The van der Waals surface area contributed by atoms with Crippen molar-refractivity contribution in [3.8, 4) is 0 Å². The lowest BCUT2D eigenvalue weighted by Crippen LogP contribution is -2.79. The van der Waals surface area contributed by atoms with Crippen LogP contribution in [0.2, 0.25) is 0 Å². The predicted molar refractivity (Wildman–Crippen MR) is 333 cm³/mol. The third-order valence-corrected chi connectivity index (χ3v) is 16.9. The van der Waals surface area contributed by atoms with E-state index in [-0.39, 0.29) is 128 Å². The van der Waals surface area contributed by atoms with E-state index in [4.69, 9.17) is 39.9 Å². The molecule has 10 aliphatic rings. The fourth-order valence-corrected chi connectivity index (χ4v) is 13.1. The van der Waals surface area contributed by atoms with Crippen molar-refractivity contribution in [3.63, 3.8) is 0 Å². The van der Waals surface area contributed by atoms with Gasteiger partial charge in [-0.3, -0.25) is 90.0 Å². The van der Waals surface area contributed by atoms with Crippen LogP contribution in [0.25, 0.3) is 0 Å². The minimum atomic E-state index is -0.824. The average Bonchev–Trinajstić information content (AvgIpc) is 1.60. The Labute approximate surface area is 538 Å². The van der Waals surface area contributed by atoms with E-state index in [2.05, 4.69) is 52.7 Å². The van der Waals surface area contributed by atoms with Crippen LogP contribution in [0.3, 0.4) is 0 Å². The summed E-state index contributed by atoms with van der Waals surface area (Å²) in [5.74, 6) is -6.74. The molecule has 2 aromatic rings. The van der Waals surface area contributed by atoms with Gasteiger partial charge in [-0.2, -0.15) is 0 Å². The van der Waals surface area contributed by atoms with E-state index in [1.54, 1.807) is 53.7 Å². The van der Waals surface area contributed by atoms with Crippen LogP contribution in [0, 0.1) is 47.3 Å². The Morgan fingerprint density at radius 2 is 0.860 bits per heavy atom. The standard InChI is InChI=1S/C29H31N5O6.C21H30N4O7.C15H13NO3.C2H4/c1-3-17-21-23(26(36)33(25(21)35)14-13-32-29(30)31)19(39-17)11-8-12-20-24-22(18(4-2)40-20)27(37)34(28(24)38)15-16-9-6-5-7-10-16;1-20(2,3)31-18(28)23-17(24-19(29)32-21(4,5)6)22-9-10-25-15(26)13-11-7-8-12(30-11)14(13)16(25)27;17-14-12-10-6-7-11(19-10)13(12)15(18)16(14)8-9-4-2-1-3-5-9;1-2/h3-7,9-12,17-24H,1-2,13-15H2,(H4,30,31,32);7-8,11-14H,9-10H2,1-6H3,(H2,22,23,24,28,29);1-7,10-13H,8H2;1-2H2/p+1. The molecule has 4 bridgehead atoms. The first-order valence-electron chi connectivity index (χ1n) is 30.6. The minimum Gasteiger partial charge on any atom is -0.444 e. The second-order valence-corrected chi connectivity index (χ2v) is 25.2. The maximum absolute atomic E-state index is 13.4. The molecule has 16 atom stereocenters. The van der Waals surface area contributed by atoms with E-state index in [1.165, 1.54) is 26.9 Å². The van der Waals surface area contributed by atoms with Gasteiger partial charge >= 0.3 is 18.1 Å². The zero-order chi connectivity index (χ0) is 67.4. The van der Waals surface area contributed by atoms with Crippen LogP contribution in [0.1, 0.15) is 52.7 Å². The van der Waals surface area contributed by atoms with Gasteiger partial charge < -0.3 is 28.4 Å². The van der Waals surface area contributed by atoms with Gasteiger partial charge in [-0.1, -0.05) is 97.1 Å². The number of hydrogen-bond acceptors (Lipinski definition) is 17. The van der Waals surface area contributed by atoms with Gasteiger partial charge in [0.25, 0.3) is 0 Å². The molecular weight excluding hydrogens is 1200 g/mol. The summed E-state index contributed by atoms with van der Waals surface area (Å²) < 4.78 is 33.5. The zero-order valence-electron chi connectivity index (χ0n) is 52.6. The number of nitrogens with one attached hydrogen (secondary N) is 3. The number of fused-ring (bicyclic) bond motifs is 12. The summed E-state index contributed by atoms with van der Waals surface area (Å²) in [6.45, 7) is 24.5. The number of hydrogen-bond donors (Lipinski definition) is 5. The number of benzene rings is 2. The van der Waals surface area contributed by atoms with E-state index in [9.17, 15) is 47.9 Å². The Morgan fingerprint density at radius 1 is 0.527 bits per heavy atom. The van der Waals surface area contributed by atoms with Crippen molar-refractivity contribution < 1.29 is 81.4 Å². The lowest BCUT2D eigenvalue weighted by atomic mass is 9.85. The first kappa shape index (κ1) is 67.9. The van der Waals surface area contributed by atoms with Gasteiger partial charge in [0.1, 0.15) is 11.2 Å². The minimum absolute atomic E-state index is 0.000393. The molecule has 26 nitrogen and oxygen atoms in total. The van der Waals surface area contributed by atoms with Gasteiger partial charge in [0.05, 0.1) is 129 Å². The number of nitrogens with two attached hydrogens (primary N) is 2. The third-order valence-electron chi connectivity index (χ3n) is 16.9. The molecule has 0 spiro atoms. The van der Waals surface area contributed by atoms with Gasteiger partial charge in [0.2, 0.25) is 53.2 Å². The van der Waals surface area contributed by atoms with E-state index in [0.29, 0.717) is 6.54 Å². The number of carbonyl (C=O) groups is 10. The number of imide groups is 4. The highest BCUT2D eigenvalue weighted by Crippen LogP contribution is 2.47. The zero-order valence-corrected chi connectivity index (χ0v) is 52.6. The van der Waals surface area contributed by atoms with Crippen LogP contribution >= 0.6 is 0 Å². The van der Waals surface area contributed by atoms with Gasteiger partial charge in [-0.25, -0.2) is 9.59 Å². The molecular formula is C67H79N10O16+. The quantitative estimate of drug-likeness (QED) is 0.0590. The molecule has 0 radical (unpaired) electrons. The highest BCUT2D eigenvalue weighted by Gasteiger charge is 2.63. The summed E-state index contributed by atoms with van der Waals surface area (Å²) >= 11 is 0. The number of nitrogens with zero attached hydrogens (tertiary/aromatic N) is 5. The topological polar surface area (TPSA) is 341 Å². The normalized spacial score (nSPS) is 30.2.